The Labute approximate surface area is 135 Å². The maximum absolute atomic E-state index is 12.9. The number of fused-ring (bicyclic) bond motifs is 5. The molecule has 0 saturated heterocycles. The fourth-order valence-electron chi connectivity index (χ4n) is 4.96. The molecule has 2 heteroatoms. The summed E-state index contributed by atoms with van der Waals surface area (Å²) in [4.78, 5) is 12.9. The number of ketones is 1. The van der Waals surface area contributed by atoms with E-state index in [1.54, 1.807) is 0 Å². The van der Waals surface area contributed by atoms with Crippen LogP contribution in [0.5, 0.6) is 0 Å². The Balaban J connectivity index is 1.65. The van der Waals surface area contributed by atoms with Gasteiger partial charge in [0.1, 0.15) is 5.78 Å². The molecule has 3 unspecified atom stereocenters. The molecule has 3 aliphatic rings. The molecule has 0 aromatic heterocycles. The van der Waals surface area contributed by atoms with Crippen molar-refractivity contribution in [1.29, 1.82) is 0 Å². The molecule has 2 aromatic carbocycles. The van der Waals surface area contributed by atoms with E-state index in [0.29, 0.717) is 24.0 Å². The van der Waals surface area contributed by atoms with Gasteiger partial charge in [-0.25, -0.2) is 0 Å². The molecular formula is C20H17ClO. The first-order chi connectivity index (χ1) is 10.6. The molecule has 1 saturated carbocycles. The van der Waals surface area contributed by atoms with E-state index in [1.807, 2.05) is 18.2 Å². The molecule has 0 heterocycles. The third-order valence-corrected chi connectivity index (χ3v) is 6.28. The number of benzene rings is 2. The van der Waals surface area contributed by atoms with Crippen molar-refractivity contribution in [2.24, 2.45) is 17.3 Å². The maximum Gasteiger partial charge on any atom is 0.144 e. The molecule has 1 nitrogen and oxygen atoms in total. The largest absolute Gasteiger partial charge is 0.299 e. The molecule has 3 aliphatic carbocycles. The summed E-state index contributed by atoms with van der Waals surface area (Å²) in [7, 11) is 0. The standard InChI is InChI=1S/C20H17ClO/c21-18-4-2-13-6-15-9-19(22)20(10-12-1-3-17(20)5-12)11-16(15)7-14(13)8-18/h1-4,6-8,12,17H,5,9-11H2. The minimum absolute atomic E-state index is 0.112. The third-order valence-electron chi connectivity index (χ3n) is 6.04. The molecule has 0 amide bonds. The normalized spacial score (nSPS) is 32.1. The predicted molar refractivity (Wildman–Crippen MR) is 89.2 cm³/mol. The minimum atomic E-state index is -0.112. The van der Waals surface area contributed by atoms with Gasteiger partial charge in [0.25, 0.3) is 0 Å². The van der Waals surface area contributed by atoms with Gasteiger partial charge in [0.15, 0.2) is 0 Å². The van der Waals surface area contributed by atoms with Crippen LogP contribution in [-0.2, 0) is 17.6 Å². The van der Waals surface area contributed by atoms with Crippen molar-refractivity contribution in [2.75, 3.05) is 0 Å². The van der Waals surface area contributed by atoms with Crippen molar-refractivity contribution in [3.05, 3.63) is 58.6 Å². The van der Waals surface area contributed by atoms with E-state index in [4.69, 9.17) is 11.6 Å². The Bertz CT molecular complexity index is 850. The molecule has 0 N–H and O–H groups in total. The number of carbonyl (C=O) groups excluding carboxylic acids is 1. The summed E-state index contributed by atoms with van der Waals surface area (Å²) in [5.41, 5.74) is 2.46. The van der Waals surface area contributed by atoms with Gasteiger partial charge in [-0.05, 0) is 65.1 Å². The Morgan fingerprint density at radius 3 is 2.68 bits per heavy atom. The number of carbonyl (C=O) groups is 1. The van der Waals surface area contributed by atoms with Crippen LogP contribution in [0.2, 0.25) is 5.02 Å². The summed E-state index contributed by atoms with van der Waals surface area (Å²) >= 11 is 6.13. The maximum atomic E-state index is 12.9. The number of hydrogen-bond acceptors (Lipinski definition) is 1. The second kappa shape index (κ2) is 4.23. The minimum Gasteiger partial charge on any atom is -0.299 e. The topological polar surface area (TPSA) is 17.1 Å². The van der Waals surface area contributed by atoms with Gasteiger partial charge in [-0.15, -0.1) is 0 Å². The second-order valence-corrected chi connectivity index (χ2v) is 7.67. The van der Waals surface area contributed by atoms with Gasteiger partial charge in [0.2, 0.25) is 0 Å². The van der Waals surface area contributed by atoms with Gasteiger partial charge in [-0.3, -0.25) is 4.79 Å². The van der Waals surface area contributed by atoms with E-state index in [-0.39, 0.29) is 5.41 Å². The molecular weight excluding hydrogens is 292 g/mol. The highest BCUT2D eigenvalue weighted by molar-refractivity contribution is 6.31. The van der Waals surface area contributed by atoms with Crippen LogP contribution >= 0.6 is 11.6 Å². The number of halogens is 1. The molecule has 0 radical (unpaired) electrons. The summed E-state index contributed by atoms with van der Waals surface area (Å²) in [5.74, 6) is 1.56. The second-order valence-electron chi connectivity index (χ2n) is 7.24. The molecule has 22 heavy (non-hydrogen) atoms. The first-order valence-corrected chi connectivity index (χ1v) is 8.44. The zero-order chi connectivity index (χ0) is 14.9. The highest BCUT2D eigenvalue weighted by Crippen LogP contribution is 2.56. The average Bonchev–Trinajstić information content (AvgIpc) is 3.08. The summed E-state index contributed by atoms with van der Waals surface area (Å²) in [6.45, 7) is 0. The average molecular weight is 309 g/mol. The van der Waals surface area contributed by atoms with Gasteiger partial charge in [-0.2, -0.15) is 0 Å². The van der Waals surface area contributed by atoms with Crippen LogP contribution in [0.25, 0.3) is 10.8 Å². The lowest BCUT2D eigenvalue weighted by molar-refractivity contribution is -0.130. The van der Waals surface area contributed by atoms with E-state index >= 15 is 0 Å². The lowest BCUT2D eigenvalue weighted by Crippen LogP contribution is -2.41. The zero-order valence-corrected chi connectivity index (χ0v) is 13.1. The Morgan fingerprint density at radius 1 is 1.05 bits per heavy atom. The summed E-state index contributed by atoms with van der Waals surface area (Å²) in [5, 5.41) is 3.14. The Morgan fingerprint density at radius 2 is 1.91 bits per heavy atom. The summed E-state index contributed by atoms with van der Waals surface area (Å²) in [6, 6.07) is 10.5. The fraction of sp³-hybridized carbons (Fsp3) is 0.350. The Hall–Kier alpha value is -1.60. The molecule has 1 spiro atoms. The lowest BCUT2D eigenvalue weighted by atomic mass is 9.63. The van der Waals surface area contributed by atoms with Gasteiger partial charge in [0.05, 0.1) is 0 Å². The van der Waals surface area contributed by atoms with Gasteiger partial charge in [-0.1, -0.05) is 42.0 Å². The quantitative estimate of drug-likeness (QED) is 0.642. The molecule has 2 aromatic rings. The van der Waals surface area contributed by atoms with Crippen LogP contribution in [0.1, 0.15) is 24.0 Å². The van der Waals surface area contributed by atoms with Crippen LogP contribution in [-0.4, -0.2) is 5.78 Å². The molecule has 0 aliphatic heterocycles. The lowest BCUT2D eigenvalue weighted by Gasteiger charge is -2.38. The number of rotatable bonds is 0. The zero-order valence-electron chi connectivity index (χ0n) is 12.3. The Kier molecular flexibility index (Phi) is 2.48. The molecule has 110 valence electrons. The number of allylic oxidation sites excluding steroid dienone is 2. The molecule has 1 fully saturated rings. The smallest absolute Gasteiger partial charge is 0.144 e. The van der Waals surface area contributed by atoms with Crippen molar-refractivity contribution in [1.82, 2.24) is 0 Å². The van der Waals surface area contributed by atoms with E-state index in [2.05, 4.69) is 24.3 Å². The van der Waals surface area contributed by atoms with Crippen molar-refractivity contribution < 1.29 is 4.79 Å². The van der Waals surface area contributed by atoms with E-state index in [9.17, 15) is 4.79 Å². The van der Waals surface area contributed by atoms with Crippen LogP contribution in [0.3, 0.4) is 0 Å². The fourth-order valence-corrected chi connectivity index (χ4v) is 5.14. The van der Waals surface area contributed by atoms with E-state index < -0.39 is 0 Å². The molecule has 5 rings (SSSR count). The predicted octanol–water partition coefficient (Wildman–Crippen LogP) is 4.74. The monoisotopic (exact) mass is 308 g/mol. The highest BCUT2D eigenvalue weighted by Gasteiger charge is 2.54. The first kappa shape index (κ1) is 12.9. The SMILES string of the molecule is O=C1Cc2cc3ccc(Cl)cc3cc2CC12CC1C=CC2C1. The van der Waals surface area contributed by atoms with E-state index in [0.717, 1.165) is 17.9 Å². The van der Waals surface area contributed by atoms with Crippen LogP contribution < -0.4 is 0 Å². The summed E-state index contributed by atoms with van der Waals surface area (Å²) in [6.07, 6.45) is 8.37. The van der Waals surface area contributed by atoms with Crippen LogP contribution in [0, 0.1) is 17.3 Å². The summed E-state index contributed by atoms with van der Waals surface area (Å²) < 4.78 is 0. The van der Waals surface area contributed by atoms with E-state index in [1.165, 1.54) is 28.3 Å². The van der Waals surface area contributed by atoms with Crippen molar-refractivity contribution in [3.63, 3.8) is 0 Å². The molecule has 3 atom stereocenters. The van der Waals surface area contributed by atoms with Gasteiger partial charge in [0, 0.05) is 16.9 Å². The van der Waals surface area contributed by atoms with Crippen molar-refractivity contribution in [3.8, 4) is 0 Å². The number of hydrogen-bond donors (Lipinski definition) is 0. The van der Waals surface area contributed by atoms with Gasteiger partial charge < -0.3 is 0 Å². The molecule has 2 bridgehead atoms. The van der Waals surface area contributed by atoms with Crippen LogP contribution in [0.4, 0.5) is 0 Å². The van der Waals surface area contributed by atoms with Crippen molar-refractivity contribution >= 4 is 28.2 Å². The van der Waals surface area contributed by atoms with Crippen LogP contribution in [0.15, 0.2) is 42.5 Å². The third kappa shape index (κ3) is 1.63. The first-order valence-electron chi connectivity index (χ1n) is 8.07. The van der Waals surface area contributed by atoms with Crippen molar-refractivity contribution in [2.45, 2.75) is 25.7 Å². The number of Topliss-reactive ketones (excluding diaryl/α,β-unsaturated/α-hetero) is 1. The highest BCUT2D eigenvalue weighted by atomic mass is 35.5. The van der Waals surface area contributed by atoms with Gasteiger partial charge >= 0.3 is 0 Å².